The number of imidazole rings is 1. The Labute approximate surface area is 259 Å². The monoisotopic (exact) mass is 570 g/mol. The van der Waals surface area contributed by atoms with Gasteiger partial charge in [0.15, 0.2) is 0 Å². The summed E-state index contributed by atoms with van der Waals surface area (Å²) in [6, 6.07) is 57.4. The average Bonchev–Trinajstić information content (AvgIpc) is 3.50. The normalized spacial score (nSPS) is 12.0. The van der Waals surface area contributed by atoms with E-state index in [2.05, 4.69) is 162 Å². The molecule has 208 valence electrons. The summed E-state index contributed by atoms with van der Waals surface area (Å²) in [5, 5.41) is 11.2. The van der Waals surface area contributed by atoms with Gasteiger partial charge in [-0.3, -0.25) is 4.40 Å². The first kappa shape index (κ1) is 24.5. The second-order valence-electron chi connectivity index (χ2n) is 11.9. The molecule has 0 saturated carbocycles. The van der Waals surface area contributed by atoms with Crippen LogP contribution in [0, 0.1) is 0 Å². The van der Waals surface area contributed by atoms with Crippen LogP contribution >= 0.6 is 0 Å². The van der Waals surface area contributed by atoms with Crippen molar-refractivity contribution in [2.45, 2.75) is 0 Å². The summed E-state index contributed by atoms with van der Waals surface area (Å²) in [6.07, 6.45) is 0. The van der Waals surface area contributed by atoms with Crippen LogP contribution in [0.1, 0.15) is 0 Å². The van der Waals surface area contributed by atoms with Gasteiger partial charge in [0.05, 0.1) is 16.6 Å². The highest BCUT2D eigenvalue weighted by molar-refractivity contribution is 6.23. The Balaban J connectivity index is 1.38. The van der Waals surface area contributed by atoms with E-state index >= 15 is 0 Å². The number of rotatable bonds is 2. The Bertz CT molecular complexity index is 2810. The lowest BCUT2D eigenvalue weighted by molar-refractivity contribution is 1.31. The maximum Gasteiger partial charge on any atom is 0.146 e. The van der Waals surface area contributed by atoms with Gasteiger partial charge in [-0.25, -0.2) is 4.98 Å². The minimum atomic E-state index is 0.997. The van der Waals surface area contributed by atoms with Crippen LogP contribution in [-0.4, -0.2) is 9.38 Å². The van der Waals surface area contributed by atoms with E-state index in [-0.39, 0.29) is 0 Å². The zero-order chi connectivity index (χ0) is 29.5. The third-order valence-corrected chi connectivity index (χ3v) is 9.50. The van der Waals surface area contributed by atoms with E-state index in [1.54, 1.807) is 0 Å². The third-order valence-electron chi connectivity index (χ3n) is 9.50. The van der Waals surface area contributed by atoms with Gasteiger partial charge in [-0.15, -0.1) is 0 Å². The summed E-state index contributed by atoms with van der Waals surface area (Å²) in [6.45, 7) is 0. The van der Waals surface area contributed by atoms with Crippen molar-refractivity contribution in [3.05, 3.63) is 158 Å². The van der Waals surface area contributed by atoms with Crippen LogP contribution in [0.2, 0.25) is 0 Å². The van der Waals surface area contributed by atoms with Crippen molar-refractivity contribution in [1.29, 1.82) is 0 Å². The Kier molecular flexibility index (Phi) is 5.03. The van der Waals surface area contributed by atoms with E-state index in [0.717, 1.165) is 22.1 Å². The Morgan fingerprint density at radius 3 is 1.67 bits per heavy atom. The quantitative estimate of drug-likeness (QED) is 0.149. The number of para-hydroxylation sites is 3. The van der Waals surface area contributed by atoms with Gasteiger partial charge in [0.2, 0.25) is 0 Å². The number of benzene rings is 8. The molecule has 0 spiro atoms. The molecule has 0 saturated heterocycles. The SMILES string of the molecule is c1ccc(-c2c3ccccc3cc3c(-c4ccc5c(c4)c4ccccc4n4c6ccccc6nc54)c4ccccc4cc23)cc1. The van der Waals surface area contributed by atoms with E-state index in [4.69, 9.17) is 4.98 Å². The van der Waals surface area contributed by atoms with Crippen molar-refractivity contribution in [2.75, 3.05) is 0 Å². The Morgan fingerprint density at radius 1 is 0.356 bits per heavy atom. The molecule has 2 heterocycles. The molecule has 0 bridgehead atoms. The molecule has 0 amide bonds. The molecule has 0 radical (unpaired) electrons. The molecule has 2 nitrogen and oxygen atoms in total. The number of pyridine rings is 1. The molecule has 0 aliphatic heterocycles. The smallest absolute Gasteiger partial charge is 0.146 e. The molecule has 2 aromatic heterocycles. The maximum absolute atomic E-state index is 5.14. The van der Waals surface area contributed by atoms with Gasteiger partial charge >= 0.3 is 0 Å². The second-order valence-corrected chi connectivity index (χ2v) is 11.9. The average molecular weight is 571 g/mol. The van der Waals surface area contributed by atoms with Crippen molar-refractivity contribution in [1.82, 2.24) is 9.38 Å². The number of fused-ring (bicyclic) bond motifs is 11. The fraction of sp³-hybridized carbons (Fsp3) is 0. The molecule has 0 fully saturated rings. The van der Waals surface area contributed by atoms with E-state index < -0.39 is 0 Å². The third kappa shape index (κ3) is 3.48. The van der Waals surface area contributed by atoms with Crippen molar-refractivity contribution in [2.24, 2.45) is 0 Å². The van der Waals surface area contributed by atoms with Gasteiger partial charge in [-0.2, -0.15) is 0 Å². The van der Waals surface area contributed by atoms with Gasteiger partial charge in [0, 0.05) is 10.8 Å². The fourth-order valence-electron chi connectivity index (χ4n) is 7.56. The lowest BCUT2D eigenvalue weighted by Gasteiger charge is -2.18. The van der Waals surface area contributed by atoms with E-state index in [1.165, 1.54) is 70.9 Å². The Hall–Kier alpha value is -5.99. The molecule has 8 aromatic carbocycles. The van der Waals surface area contributed by atoms with Crippen molar-refractivity contribution < 1.29 is 0 Å². The highest BCUT2D eigenvalue weighted by Gasteiger charge is 2.18. The summed E-state index contributed by atoms with van der Waals surface area (Å²) >= 11 is 0. The molecule has 2 heteroatoms. The van der Waals surface area contributed by atoms with Crippen LogP contribution in [-0.2, 0) is 0 Å². The number of nitrogens with zero attached hydrogens (tertiary/aromatic N) is 2. The van der Waals surface area contributed by atoms with Crippen LogP contribution in [0.15, 0.2) is 158 Å². The summed E-state index contributed by atoms with van der Waals surface area (Å²) in [7, 11) is 0. The predicted molar refractivity (Wildman–Crippen MR) is 191 cm³/mol. The molecule has 45 heavy (non-hydrogen) atoms. The van der Waals surface area contributed by atoms with Crippen LogP contribution in [0.5, 0.6) is 0 Å². The largest absolute Gasteiger partial charge is 0.292 e. The second kappa shape index (κ2) is 9.25. The highest BCUT2D eigenvalue weighted by atomic mass is 15.0. The lowest BCUT2D eigenvalue weighted by Crippen LogP contribution is -1.93. The van der Waals surface area contributed by atoms with Crippen molar-refractivity contribution in [3.8, 4) is 22.3 Å². The van der Waals surface area contributed by atoms with Gasteiger partial charge < -0.3 is 0 Å². The van der Waals surface area contributed by atoms with Crippen LogP contribution in [0.4, 0.5) is 0 Å². The van der Waals surface area contributed by atoms with Gasteiger partial charge in [0.1, 0.15) is 5.65 Å². The van der Waals surface area contributed by atoms with E-state index in [0.29, 0.717) is 0 Å². The fourth-order valence-corrected chi connectivity index (χ4v) is 7.56. The topological polar surface area (TPSA) is 17.3 Å². The molecule has 0 atom stereocenters. The predicted octanol–water partition coefficient (Wildman–Crippen LogP) is 11.6. The molecule has 0 N–H and O–H groups in total. The summed E-state index contributed by atoms with van der Waals surface area (Å²) in [5.74, 6) is 0. The molecular formula is C43H26N2. The molecular weight excluding hydrogens is 544 g/mol. The number of hydrogen-bond donors (Lipinski definition) is 0. The van der Waals surface area contributed by atoms with Gasteiger partial charge in [-0.1, -0.05) is 115 Å². The molecule has 10 aromatic rings. The first-order valence-corrected chi connectivity index (χ1v) is 15.5. The van der Waals surface area contributed by atoms with Crippen LogP contribution in [0.25, 0.3) is 92.9 Å². The summed E-state index contributed by atoms with van der Waals surface area (Å²) in [4.78, 5) is 5.14. The van der Waals surface area contributed by atoms with Gasteiger partial charge in [-0.05, 0) is 102 Å². The lowest BCUT2D eigenvalue weighted by atomic mass is 9.85. The molecule has 10 rings (SSSR count). The molecule has 0 aliphatic rings. The van der Waals surface area contributed by atoms with Crippen molar-refractivity contribution in [3.63, 3.8) is 0 Å². The first-order chi connectivity index (χ1) is 22.3. The highest BCUT2D eigenvalue weighted by Crippen LogP contribution is 2.45. The summed E-state index contributed by atoms with van der Waals surface area (Å²) in [5.41, 5.74) is 9.32. The van der Waals surface area contributed by atoms with Gasteiger partial charge in [0.25, 0.3) is 0 Å². The maximum atomic E-state index is 5.14. The standard InChI is InChI=1S/C43H26N2/c1-2-12-27(13-3-1)41-31-16-6-4-14-28(31)25-37-36(41)24-29-15-5-7-17-32(29)42(37)30-22-23-34-35(26-30)33-18-8-10-20-39(33)45-40-21-11-9-19-38(40)44-43(34)45/h1-26H. The van der Waals surface area contributed by atoms with Crippen molar-refractivity contribution >= 4 is 70.7 Å². The minimum absolute atomic E-state index is 0.997. The molecule has 0 unspecified atom stereocenters. The summed E-state index contributed by atoms with van der Waals surface area (Å²) < 4.78 is 2.32. The van der Waals surface area contributed by atoms with Crippen LogP contribution in [0.3, 0.4) is 0 Å². The Morgan fingerprint density at radius 2 is 0.933 bits per heavy atom. The van der Waals surface area contributed by atoms with E-state index in [1.807, 2.05) is 0 Å². The number of aromatic nitrogens is 2. The minimum Gasteiger partial charge on any atom is -0.292 e. The molecule has 0 aliphatic carbocycles. The zero-order valence-electron chi connectivity index (χ0n) is 24.4. The van der Waals surface area contributed by atoms with Crippen LogP contribution < -0.4 is 0 Å². The first-order valence-electron chi connectivity index (χ1n) is 15.5. The van der Waals surface area contributed by atoms with E-state index in [9.17, 15) is 0 Å². The zero-order valence-corrected chi connectivity index (χ0v) is 24.4. The number of hydrogen-bond acceptors (Lipinski definition) is 1.